The Labute approximate surface area is 147 Å². The van der Waals surface area contributed by atoms with Gasteiger partial charge in [-0.2, -0.15) is 5.10 Å². The highest BCUT2D eigenvalue weighted by molar-refractivity contribution is 5.48. The van der Waals surface area contributed by atoms with Crippen molar-refractivity contribution < 1.29 is 4.74 Å². The van der Waals surface area contributed by atoms with Crippen molar-refractivity contribution in [3.05, 3.63) is 53.7 Å². The number of aryl methyl sites for hydroxylation is 2. The summed E-state index contributed by atoms with van der Waals surface area (Å²) in [6, 6.07) is 4.16. The predicted molar refractivity (Wildman–Crippen MR) is 96.3 cm³/mol. The third-order valence-corrected chi connectivity index (χ3v) is 5.04. The molecule has 1 aliphatic heterocycles. The van der Waals surface area contributed by atoms with Gasteiger partial charge >= 0.3 is 0 Å². The number of pyridine rings is 1. The van der Waals surface area contributed by atoms with E-state index < -0.39 is 0 Å². The summed E-state index contributed by atoms with van der Waals surface area (Å²) in [6.45, 7) is 7.65. The number of hydrogen-bond donors (Lipinski definition) is 1. The molecule has 2 atom stereocenters. The summed E-state index contributed by atoms with van der Waals surface area (Å²) in [5.41, 5.74) is 4.61. The first-order valence-electron chi connectivity index (χ1n) is 9.02. The van der Waals surface area contributed by atoms with E-state index in [4.69, 9.17) is 4.74 Å². The van der Waals surface area contributed by atoms with Crippen LogP contribution in [0.2, 0.25) is 0 Å². The first-order valence-corrected chi connectivity index (χ1v) is 9.02. The SMILES string of the molecule is CCn1cc([C@H]2OCC[C@H]2CNCc2cnc3c(C)cccn23)cn1. The molecule has 0 saturated carbocycles. The van der Waals surface area contributed by atoms with Crippen LogP contribution >= 0.6 is 0 Å². The molecule has 1 aliphatic rings. The minimum absolute atomic E-state index is 0.150. The van der Waals surface area contributed by atoms with E-state index in [2.05, 4.69) is 58.2 Å². The van der Waals surface area contributed by atoms with Crippen LogP contribution in [0.3, 0.4) is 0 Å². The molecule has 132 valence electrons. The molecule has 1 fully saturated rings. The Hall–Kier alpha value is -2.18. The Morgan fingerprint density at radius 3 is 3.12 bits per heavy atom. The van der Waals surface area contributed by atoms with Gasteiger partial charge in [0.25, 0.3) is 0 Å². The molecule has 0 aliphatic carbocycles. The fourth-order valence-electron chi connectivity index (χ4n) is 3.63. The number of aromatic nitrogens is 4. The maximum Gasteiger partial charge on any atom is 0.139 e. The van der Waals surface area contributed by atoms with E-state index >= 15 is 0 Å². The van der Waals surface area contributed by atoms with Gasteiger partial charge in [-0.1, -0.05) is 6.07 Å². The van der Waals surface area contributed by atoms with Crippen LogP contribution in [-0.4, -0.2) is 32.3 Å². The van der Waals surface area contributed by atoms with Crippen molar-refractivity contribution in [2.45, 2.75) is 39.5 Å². The first-order chi connectivity index (χ1) is 12.3. The van der Waals surface area contributed by atoms with Crippen molar-refractivity contribution in [2.75, 3.05) is 13.2 Å². The van der Waals surface area contributed by atoms with Crippen LogP contribution in [0.25, 0.3) is 5.65 Å². The highest BCUT2D eigenvalue weighted by Gasteiger charge is 2.30. The average Bonchev–Trinajstić information content (AvgIpc) is 3.34. The Morgan fingerprint density at radius 1 is 1.36 bits per heavy atom. The number of imidazole rings is 1. The normalized spacial score (nSPS) is 20.6. The lowest BCUT2D eigenvalue weighted by Crippen LogP contribution is -2.25. The van der Waals surface area contributed by atoms with E-state index in [9.17, 15) is 0 Å². The van der Waals surface area contributed by atoms with Gasteiger partial charge in [-0.15, -0.1) is 0 Å². The standard InChI is InChI=1S/C19H25N5O/c1-3-23-13-16(10-22-23)18-15(6-8-25-18)9-20-11-17-12-21-19-14(2)5-4-7-24(17)19/h4-5,7,10,12-13,15,18,20H,3,6,8-9,11H2,1-2H3/t15-,18-/m0/s1. The highest BCUT2D eigenvalue weighted by atomic mass is 16.5. The van der Waals surface area contributed by atoms with Gasteiger partial charge in [0, 0.05) is 50.1 Å². The number of nitrogens with zero attached hydrogens (tertiary/aromatic N) is 4. The summed E-state index contributed by atoms with van der Waals surface area (Å²) in [7, 11) is 0. The Balaban J connectivity index is 1.39. The van der Waals surface area contributed by atoms with Crippen molar-refractivity contribution >= 4 is 5.65 Å². The molecule has 6 heteroatoms. The maximum atomic E-state index is 5.97. The van der Waals surface area contributed by atoms with E-state index in [1.165, 1.54) is 16.8 Å². The molecular weight excluding hydrogens is 314 g/mol. The van der Waals surface area contributed by atoms with Crippen LogP contribution in [0.1, 0.15) is 36.3 Å². The Kier molecular flexibility index (Phi) is 4.55. The average molecular weight is 339 g/mol. The summed E-state index contributed by atoms with van der Waals surface area (Å²) in [5, 5.41) is 7.98. The van der Waals surface area contributed by atoms with E-state index in [0.29, 0.717) is 5.92 Å². The second kappa shape index (κ2) is 6.98. The van der Waals surface area contributed by atoms with Gasteiger partial charge < -0.3 is 14.5 Å². The minimum Gasteiger partial charge on any atom is -0.373 e. The molecule has 1 saturated heterocycles. The summed E-state index contributed by atoms with van der Waals surface area (Å²) >= 11 is 0. The maximum absolute atomic E-state index is 5.97. The summed E-state index contributed by atoms with van der Waals surface area (Å²) in [6.07, 6.45) is 9.32. The van der Waals surface area contributed by atoms with Gasteiger partial charge in [0.2, 0.25) is 0 Å². The van der Waals surface area contributed by atoms with Crippen molar-refractivity contribution in [1.29, 1.82) is 0 Å². The molecule has 0 radical (unpaired) electrons. The molecule has 0 unspecified atom stereocenters. The monoisotopic (exact) mass is 339 g/mol. The zero-order valence-electron chi connectivity index (χ0n) is 14.9. The van der Waals surface area contributed by atoms with Gasteiger partial charge in [-0.05, 0) is 31.9 Å². The van der Waals surface area contributed by atoms with Gasteiger partial charge in [-0.3, -0.25) is 4.68 Å². The fraction of sp³-hybridized carbons (Fsp3) is 0.474. The van der Waals surface area contributed by atoms with Crippen LogP contribution in [0.4, 0.5) is 0 Å². The Bertz CT molecular complexity index is 852. The number of nitrogens with one attached hydrogen (secondary N) is 1. The first kappa shape index (κ1) is 16.3. The molecule has 0 bridgehead atoms. The third kappa shape index (κ3) is 3.19. The van der Waals surface area contributed by atoms with E-state index in [1.54, 1.807) is 0 Å². The lowest BCUT2D eigenvalue weighted by atomic mass is 9.97. The molecular formula is C19H25N5O. The number of ether oxygens (including phenoxy) is 1. The van der Waals surface area contributed by atoms with Gasteiger partial charge in [0.15, 0.2) is 0 Å². The van der Waals surface area contributed by atoms with Crippen molar-refractivity contribution in [2.24, 2.45) is 5.92 Å². The molecule has 4 heterocycles. The quantitative estimate of drug-likeness (QED) is 0.750. The van der Waals surface area contributed by atoms with Gasteiger partial charge in [0.05, 0.1) is 24.2 Å². The van der Waals surface area contributed by atoms with Crippen LogP contribution in [0.5, 0.6) is 0 Å². The second-order valence-corrected chi connectivity index (χ2v) is 6.73. The van der Waals surface area contributed by atoms with Crippen LogP contribution in [0, 0.1) is 12.8 Å². The largest absolute Gasteiger partial charge is 0.373 e. The smallest absolute Gasteiger partial charge is 0.139 e. The molecule has 0 spiro atoms. The zero-order valence-corrected chi connectivity index (χ0v) is 14.9. The molecule has 1 N–H and O–H groups in total. The third-order valence-electron chi connectivity index (χ3n) is 5.04. The lowest BCUT2D eigenvalue weighted by Gasteiger charge is -2.17. The van der Waals surface area contributed by atoms with Crippen LogP contribution in [0.15, 0.2) is 36.9 Å². The summed E-state index contributed by atoms with van der Waals surface area (Å²) in [5.74, 6) is 0.482. The molecule has 0 aromatic carbocycles. The predicted octanol–water partition coefficient (Wildman–Crippen LogP) is 2.73. The molecule has 3 aromatic rings. The van der Waals surface area contributed by atoms with Crippen LogP contribution < -0.4 is 5.32 Å². The van der Waals surface area contributed by atoms with Crippen molar-refractivity contribution in [3.8, 4) is 0 Å². The van der Waals surface area contributed by atoms with E-state index in [-0.39, 0.29) is 6.10 Å². The molecule has 6 nitrogen and oxygen atoms in total. The molecule has 0 amide bonds. The minimum atomic E-state index is 0.150. The van der Waals surface area contributed by atoms with Crippen molar-refractivity contribution in [3.63, 3.8) is 0 Å². The molecule has 4 rings (SSSR count). The van der Waals surface area contributed by atoms with E-state index in [1.807, 2.05) is 17.1 Å². The number of hydrogen-bond acceptors (Lipinski definition) is 4. The fourth-order valence-corrected chi connectivity index (χ4v) is 3.63. The number of rotatable bonds is 6. The second-order valence-electron chi connectivity index (χ2n) is 6.73. The molecule has 25 heavy (non-hydrogen) atoms. The van der Waals surface area contributed by atoms with Crippen molar-refractivity contribution in [1.82, 2.24) is 24.5 Å². The van der Waals surface area contributed by atoms with Crippen LogP contribution in [-0.2, 0) is 17.8 Å². The van der Waals surface area contributed by atoms with Gasteiger partial charge in [0.1, 0.15) is 5.65 Å². The summed E-state index contributed by atoms with van der Waals surface area (Å²) in [4.78, 5) is 4.53. The zero-order chi connectivity index (χ0) is 17.2. The topological polar surface area (TPSA) is 56.4 Å². The highest BCUT2D eigenvalue weighted by Crippen LogP contribution is 2.33. The van der Waals surface area contributed by atoms with Gasteiger partial charge in [-0.25, -0.2) is 4.98 Å². The Morgan fingerprint density at radius 2 is 2.28 bits per heavy atom. The van der Waals surface area contributed by atoms with E-state index in [0.717, 1.165) is 38.3 Å². The lowest BCUT2D eigenvalue weighted by molar-refractivity contribution is 0.0903. The summed E-state index contributed by atoms with van der Waals surface area (Å²) < 4.78 is 10.1. The number of fused-ring (bicyclic) bond motifs is 1. The molecule has 3 aromatic heterocycles.